The summed E-state index contributed by atoms with van der Waals surface area (Å²) in [6.07, 6.45) is 2.47. The fraction of sp³-hybridized carbons (Fsp3) is 0.545. The van der Waals surface area contributed by atoms with E-state index in [2.05, 4.69) is 51.7 Å². The Kier molecular flexibility index (Phi) is 3.33. The number of H-pyrrole nitrogens is 1. The van der Waals surface area contributed by atoms with Crippen molar-refractivity contribution in [3.05, 3.63) is 21.3 Å². The summed E-state index contributed by atoms with van der Waals surface area (Å²) in [4.78, 5) is 23.2. The van der Waals surface area contributed by atoms with Crippen LogP contribution in [0.5, 0.6) is 0 Å². The first kappa shape index (κ1) is 12.3. The number of halogens is 1. The minimum absolute atomic E-state index is 0.139. The van der Waals surface area contributed by atoms with E-state index in [0.717, 1.165) is 6.42 Å². The molecular weight excluding hydrogens is 284 g/mol. The van der Waals surface area contributed by atoms with Crippen molar-refractivity contribution < 1.29 is 0 Å². The highest BCUT2D eigenvalue weighted by Crippen LogP contribution is 2.23. The molecule has 0 bridgehead atoms. The summed E-state index contributed by atoms with van der Waals surface area (Å²) in [5.41, 5.74) is 1.01. The SMILES string of the molecule is CCC(C(C)C)n1c(=O)[nH]c2ncc(Br)nc21. The molecule has 0 amide bonds. The number of aromatic nitrogens is 4. The van der Waals surface area contributed by atoms with E-state index in [1.807, 2.05) is 0 Å². The molecular formula is C11H15BrN4O. The highest BCUT2D eigenvalue weighted by molar-refractivity contribution is 9.10. The summed E-state index contributed by atoms with van der Waals surface area (Å²) in [7, 11) is 0. The molecule has 0 spiro atoms. The van der Waals surface area contributed by atoms with Crippen LogP contribution in [-0.4, -0.2) is 19.5 Å². The van der Waals surface area contributed by atoms with Crippen molar-refractivity contribution >= 4 is 27.2 Å². The lowest BCUT2D eigenvalue weighted by molar-refractivity contribution is 0.364. The van der Waals surface area contributed by atoms with E-state index in [1.165, 1.54) is 0 Å². The Morgan fingerprint density at radius 2 is 2.24 bits per heavy atom. The van der Waals surface area contributed by atoms with Crippen LogP contribution in [-0.2, 0) is 0 Å². The Morgan fingerprint density at radius 1 is 1.53 bits per heavy atom. The number of hydrogen-bond donors (Lipinski definition) is 1. The maximum atomic E-state index is 12.0. The second-order valence-electron chi connectivity index (χ2n) is 4.38. The van der Waals surface area contributed by atoms with Gasteiger partial charge in [0, 0.05) is 6.04 Å². The molecule has 2 aromatic rings. The number of imidazole rings is 1. The Bertz CT molecular complexity index is 587. The normalized spacial score (nSPS) is 13.5. The molecule has 1 atom stereocenters. The van der Waals surface area contributed by atoms with E-state index >= 15 is 0 Å². The highest BCUT2D eigenvalue weighted by Gasteiger charge is 2.20. The fourth-order valence-corrected chi connectivity index (χ4v) is 2.40. The van der Waals surface area contributed by atoms with Gasteiger partial charge in [-0.2, -0.15) is 0 Å². The topological polar surface area (TPSA) is 63.6 Å². The van der Waals surface area contributed by atoms with E-state index in [1.54, 1.807) is 10.8 Å². The highest BCUT2D eigenvalue weighted by atomic mass is 79.9. The molecule has 0 aromatic carbocycles. The monoisotopic (exact) mass is 298 g/mol. The summed E-state index contributed by atoms with van der Waals surface area (Å²) in [5.74, 6) is 0.373. The quantitative estimate of drug-likeness (QED) is 0.947. The second-order valence-corrected chi connectivity index (χ2v) is 5.20. The van der Waals surface area contributed by atoms with Crippen LogP contribution in [0, 0.1) is 5.92 Å². The van der Waals surface area contributed by atoms with Crippen molar-refractivity contribution in [3.63, 3.8) is 0 Å². The average molecular weight is 299 g/mol. The van der Waals surface area contributed by atoms with E-state index in [-0.39, 0.29) is 11.7 Å². The predicted octanol–water partition coefficient (Wildman–Crippen LogP) is 2.49. The molecule has 1 unspecified atom stereocenters. The minimum Gasteiger partial charge on any atom is -0.289 e. The molecule has 0 fully saturated rings. The zero-order valence-electron chi connectivity index (χ0n) is 10.1. The van der Waals surface area contributed by atoms with Gasteiger partial charge in [0.05, 0.1) is 6.20 Å². The van der Waals surface area contributed by atoms with Crippen molar-refractivity contribution in [1.82, 2.24) is 19.5 Å². The Morgan fingerprint density at radius 3 is 2.82 bits per heavy atom. The summed E-state index contributed by atoms with van der Waals surface area (Å²) in [6.45, 7) is 6.27. The van der Waals surface area contributed by atoms with E-state index in [9.17, 15) is 4.79 Å². The second kappa shape index (κ2) is 4.60. The van der Waals surface area contributed by atoms with Gasteiger partial charge in [-0.25, -0.2) is 14.8 Å². The van der Waals surface area contributed by atoms with Crippen molar-refractivity contribution in [1.29, 1.82) is 0 Å². The van der Waals surface area contributed by atoms with Crippen molar-refractivity contribution in [3.8, 4) is 0 Å². The van der Waals surface area contributed by atoms with Crippen LogP contribution >= 0.6 is 15.9 Å². The number of nitrogens with zero attached hydrogens (tertiary/aromatic N) is 3. The van der Waals surface area contributed by atoms with Gasteiger partial charge in [-0.05, 0) is 28.3 Å². The average Bonchev–Trinajstić information content (AvgIpc) is 2.56. The molecule has 6 heteroatoms. The molecule has 0 saturated heterocycles. The third kappa shape index (κ3) is 2.13. The smallest absolute Gasteiger partial charge is 0.289 e. The van der Waals surface area contributed by atoms with Gasteiger partial charge in [0.1, 0.15) is 4.60 Å². The van der Waals surface area contributed by atoms with Gasteiger partial charge in [0.25, 0.3) is 0 Å². The lowest BCUT2D eigenvalue weighted by Crippen LogP contribution is -2.25. The molecule has 0 aliphatic carbocycles. The summed E-state index contributed by atoms with van der Waals surface area (Å²) >= 11 is 3.28. The molecule has 0 aliphatic heterocycles. The standard InChI is InChI=1S/C11H15BrN4O/c1-4-7(6(2)3)16-10-9(15-11(16)17)13-5-8(12)14-10/h5-7H,4H2,1-3H3,(H,13,15,17). The van der Waals surface area contributed by atoms with Crippen LogP contribution in [0.3, 0.4) is 0 Å². The minimum atomic E-state index is -0.140. The number of nitrogens with one attached hydrogen (secondary N) is 1. The summed E-state index contributed by atoms with van der Waals surface area (Å²) in [6, 6.07) is 0.139. The Labute approximate surface area is 107 Å². The third-order valence-corrected chi connectivity index (χ3v) is 3.30. The lowest BCUT2D eigenvalue weighted by atomic mass is 10.0. The maximum absolute atomic E-state index is 12.0. The third-order valence-electron chi connectivity index (χ3n) is 2.92. The van der Waals surface area contributed by atoms with E-state index in [4.69, 9.17) is 0 Å². The molecule has 0 radical (unpaired) electrons. The molecule has 2 rings (SSSR count). The van der Waals surface area contributed by atoms with Gasteiger partial charge in [-0.1, -0.05) is 20.8 Å². The van der Waals surface area contributed by atoms with Gasteiger partial charge >= 0.3 is 5.69 Å². The molecule has 17 heavy (non-hydrogen) atoms. The van der Waals surface area contributed by atoms with Crippen LogP contribution < -0.4 is 5.69 Å². The molecule has 92 valence electrons. The first-order valence-electron chi connectivity index (χ1n) is 5.67. The van der Waals surface area contributed by atoms with Gasteiger partial charge in [0.15, 0.2) is 11.3 Å². The molecule has 0 saturated carbocycles. The first-order valence-corrected chi connectivity index (χ1v) is 6.46. The van der Waals surface area contributed by atoms with Crippen molar-refractivity contribution in [2.24, 2.45) is 5.92 Å². The van der Waals surface area contributed by atoms with Crippen molar-refractivity contribution in [2.75, 3.05) is 0 Å². The molecule has 5 nitrogen and oxygen atoms in total. The molecule has 1 N–H and O–H groups in total. The fourth-order valence-electron chi connectivity index (χ4n) is 2.13. The largest absolute Gasteiger partial charge is 0.329 e. The van der Waals surface area contributed by atoms with Gasteiger partial charge in [-0.15, -0.1) is 0 Å². The van der Waals surface area contributed by atoms with Crippen LogP contribution in [0.2, 0.25) is 0 Å². The molecule has 0 aliphatic rings. The van der Waals surface area contributed by atoms with E-state index in [0.29, 0.717) is 21.8 Å². The zero-order chi connectivity index (χ0) is 12.6. The Balaban J connectivity index is 2.70. The number of hydrogen-bond acceptors (Lipinski definition) is 3. The maximum Gasteiger partial charge on any atom is 0.329 e. The lowest BCUT2D eigenvalue weighted by Gasteiger charge is -2.19. The predicted molar refractivity (Wildman–Crippen MR) is 70.0 cm³/mol. The Hall–Kier alpha value is -1.17. The van der Waals surface area contributed by atoms with Crippen molar-refractivity contribution in [2.45, 2.75) is 33.2 Å². The van der Waals surface area contributed by atoms with Crippen LogP contribution in [0.4, 0.5) is 0 Å². The first-order chi connectivity index (χ1) is 8.04. The number of aromatic amines is 1. The number of rotatable bonds is 3. The van der Waals surface area contributed by atoms with Gasteiger partial charge < -0.3 is 0 Å². The van der Waals surface area contributed by atoms with Crippen LogP contribution in [0.15, 0.2) is 15.6 Å². The summed E-state index contributed by atoms with van der Waals surface area (Å²) < 4.78 is 2.34. The van der Waals surface area contributed by atoms with Gasteiger partial charge in [-0.3, -0.25) is 9.55 Å². The van der Waals surface area contributed by atoms with Crippen LogP contribution in [0.1, 0.15) is 33.2 Å². The number of fused-ring (bicyclic) bond motifs is 1. The van der Waals surface area contributed by atoms with Crippen LogP contribution in [0.25, 0.3) is 11.3 Å². The van der Waals surface area contributed by atoms with Gasteiger partial charge in [0.2, 0.25) is 0 Å². The molecule has 2 aromatic heterocycles. The van der Waals surface area contributed by atoms with E-state index < -0.39 is 0 Å². The summed E-state index contributed by atoms with van der Waals surface area (Å²) in [5, 5.41) is 0. The zero-order valence-corrected chi connectivity index (χ0v) is 11.7. The molecule has 2 heterocycles.